The van der Waals surface area contributed by atoms with Gasteiger partial charge >= 0.3 is 7.42 Å². The maximum atomic E-state index is 5.62. The van der Waals surface area contributed by atoms with Crippen LogP contribution in [0.1, 0.15) is 0 Å². The van der Waals surface area contributed by atoms with Gasteiger partial charge in [0.25, 0.3) is 0 Å². The summed E-state index contributed by atoms with van der Waals surface area (Å²) in [5, 5.41) is 1.98. The highest BCUT2D eigenvalue weighted by Crippen LogP contribution is 2.02. The molecule has 0 N–H and O–H groups in total. The third-order valence-corrected chi connectivity index (χ3v) is 4.79. The second-order valence-corrected chi connectivity index (χ2v) is 6.46. The van der Waals surface area contributed by atoms with Crippen molar-refractivity contribution in [3.8, 4) is 0 Å². The van der Waals surface area contributed by atoms with Gasteiger partial charge in [-0.3, -0.25) is 0 Å². The van der Waals surface area contributed by atoms with Crippen LogP contribution in [0.5, 0.6) is 0 Å². The summed E-state index contributed by atoms with van der Waals surface area (Å²) in [4.78, 5) is 0. The Balaban J connectivity index is 2.77. The fraction of sp³-hybridized carbons (Fsp3) is 0. The van der Waals surface area contributed by atoms with Gasteiger partial charge in [-0.1, -0.05) is 6.07 Å². The highest BCUT2D eigenvalue weighted by atomic mass is 35.7. The monoisotopic (exact) mass is 181 g/mol. The Morgan fingerprint density at radius 1 is 1.50 bits per heavy atom. The van der Waals surface area contributed by atoms with E-state index in [9.17, 15) is 0 Å². The van der Waals surface area contributed by atoms with Gasteiger partial charge in [0.05, 0.1) is 0 Å². The van der Waals surface area contributed by atoms with Crippen molar-refractivity contribution in [3.05, 3.63) is 17.5 Å². The molecule has 8 heavy (non-hydrogen) atoms. The topological polar surface area (TPSA) is 0 Å². The van der Waals surface area contributed by atoms with E-state index in [2.05, 4.69) is 0 Å². The van der Waals surface area contributed by atoms with Crippen molar-refractivity contribution >= 4 is 45.4 Å². The lowest BCUT2D eigenvalue weighted by molar-refractivity contribution is 2.07. The van der Waals surface area contributed by atoms with Crippen molar-refractivity contribution in [2.75, 3.05) is 0 Å². The molecule has 0 aliphatic carbocycles. The molecule has 0 nitrogen and oxygen atoms in total. The largest absolute Gasteiger partial charge is 0.317 e. The Bertz CT molecular complexity index is 149. The molecular formula is C4H3Cl2SSi. The summed E-state index contributed by atoms with van der Waals surface area (Å²) >= 11 is 12.9. The minimum absolute atomic E-state index is 1.11. The Kier molecular flexibility index (Phi) is 2.37. The van der Waals surface area contributed by atoms with Crippen molar-refractivity contribution in [1.82, 2.24) is 0 Å². The summed E-state index contributed by atoms with van der Waals surface area (Å²) in [6, 6.07) is 3.91. The van der Waals surface area contributed by atoms with Crippen molar-refractivity contribution in [3.63, 3.8) is 0 Å². The van der Waals surface area contributed by atoms with Gasteiger partial charge in [-0.2, -0.15) is 11.3 Å². The summed E-state index contributed by atoms with van der Waals surface area (Å²) in [7, 11) is -1.21. The summed E-state index contributed by atoms with van der Waals surface area (Å²) in [6.07, 6.45) is 0. The molecule has 1 heterocycles. The molecule has 0 aromatic carbocycles. The zero-order valence-electron chi connectivity index (χ0n) is 3.90. The predicted octanol–water partition coefficient (Wildman–Crippen LogP) is 1.92. The van der Waals surface area contributed by atoms with Crippen molar-refractivity contribution in [2.45, 2.75) is 0 Å². The van der Waals surface area contributed by atoms with Gasteiger partial charge in [0.2, 0.25) is 0 Å². The molecule has 4 heteroatoms. The fourth-order valence-electron chi connectivity index (χ4n) is 0.386. The quantitative estimate of drug-likeness (QED) is 0.459. The SMILES string of the molecule is Cl[Si](Cl)c1cccs1. The normalized spacial score (nSPS) is 10.4. The predicted molar refractivity (Wildman–Crippen MR) is 41.4 cm³/mol. The first-order valence-corrected chi connectivity index (χ1v) is 6.43. The number of thiophene rings is 1. The van der Waals surface area contributed by atoms with E-state index in [0.29, 0.717) is 0 Å². The van der Waals surface area contributed by atoms with Crippen LogP contribution in [0, 0.1) is 0 Å². The number of hydrogen-bond donors (Lipinski definition) is 0. The molecular weight excluding hydrogens is 179 g/mol. The molecule has 0 amide bonds. The van der Waals surface area contributed by atoms with Crippen LogP contribution in [-0.2, 0) is 0 Å². The lowest BCUT2D eigenvalue weighted by atomic mass is 10.7. The molecule has 43 valence electrons. The molecule has 1 rings (SSSR count). The van der Waals surface area contributed by atoms with E-state index in [1.54, 1.807) is 11.3 Å². The summed E-state index contributed by atoms with van der Waals surface area (Å²) in [5.41, 5.74) is 0. The van der Waals surface area contributed by atoms with E-state index in [0.717, 1.165) is 4.50 Å². The Morgan fingerprint density at radius 2 is 2.25 bits per heavy atom. The van der Waals surface area contributed by atoms with Crippen LogP contribution in [0.25, 0.3) is 0 Å². The molecule has 0 saturated carbocycles. The molecule has 1 aromatic rings. The van der Waals surface area contributed by atoms with Gasteiger partial charge in [0.15, 0.2) is 0 Å². The lowest BCUT2D eigenvalue weighted by Crippen LogP contribution is -2.11. The smallest absolute Gasteiger partial charge is 0.151 e. The Morgan fingerprint density at radius 3 is 2.50 bits per heavy atom. The van der Waals surface area contributed by atoms with Gasteiger partial charge in [0, 0.05) is 4.50 Å². The van der Waals surface area contributed by atoms with Gasteiger partial charge in [-0.15, -0.1) is 22.2 Å². The average Bonchev–Trinajstić information content (AvgIpc) is 2.12. The van der Waals surface area contributed by atoms with E-state index in [4.69, 9.17) is 22.2 Å². The van der Waals surface area contributed by atoms with Gasteiger partial charge in [-0.25, -0.2) is 0 Å². The van der Waals surface area contributed by atoms with E-state index in [-0.39, 0.29) is 0 Å². The molecule has 0 atom stereocenters. The summed E-state index contributed by atoms with van der Waals surface area (Å²) in [6.45, 7) is 0. The van der Waals surface area contributed by atoms with Crippen LogP contribution in [0.3, 0.4) is 0 Å². The molecule has 0 aliphatic heterocycles. The van der Waals surface area contributed by atoms with Crippen LogP contribution in [0.15, 0.2) is 17.5 Å². The van der Waals surface area contributed by atoms with Gasteiger partial charge in [-0.05, 0) is 11.4 Å². The molecule has 0 aliphatic rings. The van der Waals surface area contributed by atoms with E-state index in [1.165, 1.54) is 0 Å². The second kappa shape index (κ2) is 2.87. The number of halogens is 2. The van der Waals surface area contributed by atoms with Crippen LogP contribution < -0.4 is 4.50 Å². The summed E-state index contributed by atoms with van der Waals surface area (Å²) < 4.78 is 1.11. The fourth-order valence-corrected chi connectivity index (χ4v) is 2.81. The van der Waals surface area contributed by atoms with E-state index >= 15 is 0 Å². The van der Waals surface area contributed by atoms with Crippen LogP contribution in [0.4, 0.5) is 0 Å². The standard InChI is InChI=1S/C4H3Cl2SSi/c5-8(6)4-2-1-3-7-4/h1-3H. The summed E-state index contributed by atoms with van der Waals surface area (Å²) in [5.74, 6) is 0. The first-order valence-electron chi connectivity index (χ1n) is 2.02. The molecule has 0 spiro atoms. The zero-order chi connectivity index (χ0) is 5.98. The number of rotatable bonds is 1. The Hall–Kier alpha value is 0.497. The lowest BCUT2D eigenvalue weighted by Gasteiger charge is -1.86. The zero-order valence-corrected chi connectivity index (χ0v) is 7.22. The van der Waals surface area contributed by atoms with E-state index in [1.807, 2.05) is 17.5 Å². The molecule has 0 bridgehead atoms. The maximum absolute atomic E-state index is 5.62. The molecule has 0 unspecified atom stereocenters. The first kappa shape index (κ1) is 6.61. The van der Waals surface area contributed by atoms with Crippen LogP contribution >= 0.6 is 33.5 Å². The van der Waals surface area contributed by atoms with Crippen molar-refractivity contribution in [1.29, 1.82) is 0 Å². The third kappa shape index (κ3) is 1.49. The highest BCUT2D eigenvalue weighted by Gasteiger charge is 2.06. The highest BCUT2D eigenvalue weighted by molar-refractivity contribution is 7.47. The van der Waals surface area contributed by atoms with Crippen molar-refractivity contribution < 1.29 is 0 Å². The molecule has 0 fully saturated rings. The third-order valence-electron chi connectivity index (χ3n) is 0.707. The number of hydrogen-bond acceptors (Lipinski definition) is 1. The average molecular weight is 182 g/mol. The van der Waals surface area contributed by atoms with Gasteiger partial charge in [0.1, 0.15) is 0 Å². The minimum Gasteiger partial charge on any atom is -0.151 e. The second-order valence-electron chi connectivity index (χ2n) is 1.24. The molecule has 0 saturated heterocycles. The van der Waals surface area contributed by atoms with Crippen LogP contribution in [0.2, 0.25) is 0 Å². The molecule has 1 aromatic heterocycles. The van der Waals surface area contributed by atoms with Gasteiger partial charge < -0.3 is 0 Å². The van der Waals surface area contributed by atoms with Crippen LogP contribution in [-0.4, -0.2) is 7.42 Å². The maximum Gasteiger partial charge on any atom is 0.317 e. The van der Waals surface area contributed by atoms with Crippen molar-refractivity contribution in [2.24, 2.45) is 0 Å². The Labute approximate surface area is 63.1 Å². The van der Waals surface area contributed by atoms with E-state index < -0.39 is 7.42 Å². The molecule has 1 radical (unpaired) electrons. The first-order chi connectivity index (χ1) is 3.80. The minimum atomic E-state index is -1.21.